The van der Waals surface area contributed by atoms with E-state index in [9.17, 15) is 4.79 Å². The van der Waals surface area contributed by atoms with Crippen LogP contribution in [0.2, 0.25) is 0 Å². The van der Waals surface area contributed by atoms with Gasteiger partial charge in [-0.2, -0.15) is 0 Å². The van der Waals surface area contributed by atoms with E-state index >= 15 is 0 Å². The number of esters is 1. The van der Waals surface area contributed by atoms with Gasteiger partial charge in [-0.15, -0.1) is 0 Å². The molecule has 0 aliphatic carbocycles. The lowest BCUT2D eigenvalue weighted by atomic mass is 9.92. The molecule has 52 valence electrons. The molecule has 1 fully saturated rings. The van der Waals surface area contributed by atoms with Crippen molar-refractivity contribution in [1.82, 2.24) is 0 Å². The van der Waals surface area contributed by atoms with E-state index in [1.165, 1.54) is 0 Å². The molecule has 1 heterocycles. The number of hydrogen-bond donors (Lipinski definition) is 0. The van der Waals surface area contributed by atoms with Crippen molar-refractivity contribution in [2.24, 2.45) is 5.92 Å². The summed E-state index contributed by atoms with van der Waals surface area (Å²) in [4.78, 5) is 10.6. The van der Waals surface area contributed by atoms with Crippen molar-refractivity contribution in [3.8, 4) is 0 Å². The monoisotopic (exact) mass is 128 g/mol. The number of carbonyl (C=O) groups is 1. The Kier molecular flexibility index (Phi) is 1.74. The summed E-state index contributed by atoms with van der Waals surface area (Å²) < 4.78 is 4.85. The molecule has 9 heavy (non-hydrogen) atoms. The van der Waals surface area contributed by atoms with Crippen LogP contribution in [0.15, 0.2) is 0 Å². The number of hydrogen-bond acceptors (Lipinski definition) is 2. The number of cyclic esters (lactones) is 1. The van der Waals surface area contributed by atoms with Crippen LogP contribution in [-0.4, -0.2) is 12.1 Å². The van der Waals surface area contributed by atoms with Gasteiger partial charge in [-0.05, 0) is 12.8 Å². The minimum Gasteiger partial charge on any atom is -0.461 e. The molecule has 0 N–H and O–H groups in total. The maximum Gasteiger partial charge on any atom is 0.312 e. The van der Waals surface area contributed by atoms with E-state index < -0.39 is 0 Å². The average Bonchev–Trinajstić information content (AvgIpc) is 1.83. The molecule has 0 bridgehead atoms. The predicted octanol–water partition coefficient (Wildman–Crippen LogP) is 1.35. The van der Waals surface area contributed by atoms with Crippen molar-refractivity contribution in [1.29, 1.82) is 0 Å². The maximum absolute atomic E-state index is 10.6. The molecule has 0 radical (unpaired) electrons. The Morgan fingerprint density at radius 3 is 2.33 bits per heavy atom. The van der Waals surface area contributed by atoms with Gasteiger partial charge >= 0.3 is 5.97 Å². The zero-order valence-electron chi connectivity index (χ0n) is 5.89. The molecule has 2 heteroatoms. The lowest BCUT2D eigenvalue weighted by molar-refractivity contribution is -0.184. The second-order valence-corrected chi connectivity index (χ2v) is 2.40. The Balaban J connectivity index is 2.38. The lowest BCUT2D eigenvalue weighted by Crippen LogP contribution is -2.44. The summed E-state index contributed by atoms with van der Waals surface area (Å²) in [7, 11) is 0. The predicted molar refractivity (Wildman–Crippen MR) is 34.0 cm³/mol. The third kappa shape index (κ3) is 0.934. The Labute approximate surface area is 55.2 Å². The summed E-state index contributed by atoms with van der Waals surface area (Å²) >= 11 is 0. The van der Waals surface area contributed by atoms with Gasteiger partial charge < -0.3 is 4.74 Å². The number of carbonyl (C=O) groups excluding carboxylic acids is 1. The van der Waals surface area contributed by atoms with E-state index in [1.54, 1.807) is 0 Å². The van der Waals surface area contributed by atoms with Crippen LogP contribution in [0, 0.1) is 5.92 Å². The van der Waals surface area contributed by atoms with Gasteiger partial charge in [0, 0.05) is 0 Å². The van der Waals surface area contributed by atoms with Gasteiger partial charge in [0.05, 0.1) is 5.92 Å². The van der Waals surface area contributed by atoms with Gasteiger partial charge in [0.2, 0.25) is 0 Å². The molecule has 0 aromatic carbocycles. The normalized spacial score (nSPS) is 33.3. The first-order valence-corrected chi connectivity index (χ1v) is 3.50. The summed E-state index contributed by atoms with van der Waals surface area (Å²) in [6.45, 7) is 4.06. The average molecular weight is 128 g/mol. The molecule has 0 aromatic rings. The molecule has 0 amide bonds. The molecule has 0 unspecified atom stereocenters. The number of rotatable bonds is 2. The Bertz CT molecular complexity index is 120. The molecule has 0 aromatic heterocycles. The standard InChI is InChI=1S/C7H12O2/c1-3-5-6(4-2)9-7(5)8/h5-6H,3-4H2,1-2H3/t5-,6-/m0/s1. The summed E-state index contributed by atoms with van der Waals surface area (Å²) in [6.07, 6.45) is 2.11. The molecule has 0 saturated carbocycles. The molecule has 1 rings (SSSR count). The van der Waals surface area contributed by atoms with Crippen LogP contribution < -0.4 is 0 Å². The summed E-state index contributed by atoms with van der Waals surface area (Å²) in [6, 6.07) is 0. The summed E-state index contributed by atoms with van der Waals surface area (Å²) in [5.41, 5.74) is 0. The quantitative estimate of drug-likeness (QED) is 0.525. The highest BCUT2D eigenvalue weighted by atomic mass is 16.6. The molecular weight excluding hydrogens is 116 g/mol. The van der Waals surface area contributed by atoms with Crippen molar-refractivity contribution in [3.05, 3.63) is 0 Å². The first-order chi connectivity index (χ1) is 4.29. The van der Waals surface area contributed by atoms with Crippen LogP contribution in [0.4, 0.5) is 0 Å². The first-order valence-electron chi connectivity index (χ1n) is 3.50. The molecule has 1 aliphatic rings. The largest absolute Gasteiger partial charge is 0.461 e. The van der Waals surface area contributed by atoms with Crippen LogP contribution in [0.25, 0.3) is 0 Å². The van der Waals surface area contributed by atoms with Gasteiger partial charge in [-0.1, -0.05) is 13.8 Å². The van der Waals surface area contributed by atoms with E-state index in [1.807, 2.05) is 13.8 Å². The van der Waals surface area contributed by atoms with Crippen molar-refractivity contribution in [2.75, 3.05) is 0 Å². The zero-order valence-corrected chi connectivity index (χ0v) is 5.89. The van der Waals surface area contributed by atoms with E-state index in [2.05, 4.69) is 0 Å². The highest BCUT2D eigenvalue weighted by molar-refractivity contribution is 5.78. The minimum absolute atomic E-state index is 0.00986. The van der Waals surface area contributed by atoms with Crippen LogP contribution in [0.1, 0.15) is 26.7 Å². The number of ether oxygens (including phenoxy) is 1. The van der Waals surface area contributed by atoms with Crippen molar-refractivity contribution < 1.29 is 9.53 Å². The van der Waals surface area contributed by atoms with Gasteiger partial charge in [0.15, 0.2) is 0 Å². The van der Waals surface area contributed by atoms with Crippen LogP contribution in [0.5, 0.6) is 0 Å². The van der Waals surface area contributed by atoms with Gasteiger partial charge in [-0.3, -0.25) is 4.79 Å². The Morgan fingerprint density at radius 1 is 1.44 bits per heavy atom. The second-order valence-electron chi connectivity index (χ2n) is 2.40. The third-order valence-corrected chi connectivity index (χ3v) is 1.86. The lowest BCUT2D eigenvalue weighted by Gasteiger charge is -2.33. The minimum atomic E-state index is -0.00986. The van der Waals surface area contributed by atoms with Gasteiger partial charge in [0.25, 0.3) is 0 Å². The van der Waals surface area contributed by atoms with Crippen LogP contribution in [-0.2, 0) is 9.53 Å². The topological polar surface area (TPSA) is 26.3 Å². The third-order valence-electron chi connectivity index (χ3n) is 1.86. The first kappa shape index (κ1) is 6.59. The molecule has 2 atom stereocenters. The second kappa shape index (κ2) is 2.38. The molecule has 0 spiro atoms. The summed E-state index contributed by atoms with van der Waals surface area (Å²) in [5, 5.41) is 0. The van der Waals surface area contributed by atoms with E-state index in [0.29, 0.717) is 0 Å². The highest BCUT2D eigenvalue weighted by Crippen LogP contribution is 2.27. The summed E-state index contributed by atoms with van der Waals surface area (Å²) in [5.74, 6) is 0.194. The van der Waals surface area contributed by atoms with Crippen LogP contribution in [0.3, 0.4) is 0 Å². The van der Waals surface area contributed by atoms with E-state index in [-0.39, 0.29) is 18.0 Å². The molecule has 1 aliphatic heterocycles. The zero-order chi connectivity index (χ0) is 6.85. The van der Waals surface area contributed by atoms with Crippen molar-refractivity contribution >= 4 is 5.97 Å². The molecule has 2 nitrogen and oxygen atoms in total. The van der Waals surface area contributed by atoms with Gasteiger partial charge in [-0.25, -0.2) is 0 Å². The van der Waals surface area contributed by atoms with Crippen LogP contribution >= 0.6 is 0 Å². The smallest absolute Gasteiger partial charge is 0.312 e. The molecular formula is C7H12O2. The Morgan fingerprint density at radius 2 is 2.11 bits per heavy atom. The fourth-order valence-corrected chi connectivity index (χ4v) is 1.20. The van der Waals surface area contributed by atoms with Crippen molar-refractivity contribution in [3.63, 3.8) is 0 Å². The van der Waals surface area contributed by atoms with Crippen molar-refractivity contribution in [2.45, 2.75) is 32.8 Å². The Hall–Kier alpha value is -0.530. The SMILES string of the molecule is CC[C@@H]1OC(=O)[C@H]1CC. The molecule has 1 saturated heterocycles. The van der Waals surface area contributed by atoms with E-state index in [0.717, 1.165) is 12.8 Å². The fraction of sp³-hybridized carbons (Fsp3) is 0.857. The highest BCUT2D eigenvalue weighted by Gasteiger charge is 2.39. The maximum atomic E-state index is 10.6. The van der Waals surface area contributed by atoms with E-state index in [4.69, 9.17) is 4.74 Å². The fourth-order valence-electron chi connectivity index (χ4n) is 1.20. The van der Waals surface area contributed by atoms with Gasteiger partial charge in [0.1, 0.15) is 6.10 Å².